The van der Waals surface area contributed by atoms with Crippen molar-refractivity contribution < 1.29 is 14.3 Å². The largest absolute Gasteiger partial charge is 0.494 e. The van der Waals surface area contributed by atoms with Crippen LogP contribution in [0.5, 0.6) is 11.5 Å². The van der Waals surface area contributed by atoms with Gasteiger partial charge < -0.3 is 14.8 Å². The van der Waals surface area contributed by atoms with Crippen LogP contribution in [-0.4, -0.2) is 23.7 Å². The van der Waals surface area contributed by atoms with E-state index in [1.54, 1.807) is 24.3 Å². The lowest BCUT2D eigenvalue weighted by Crippen LogP contribution is -2.34. The Bertz CT molecular complexity index is 791. The van der Waals surface area contributed by atoms with Crippen LogP contribution in [0.25, 0.3) is 0 Å². The normalized spacial score (nSPS) is 10.5. The summed E-state index contributed by atoms with van der Waals surface area (Å²) in [6, 6.07) is 14.5. The summed E-state index contributed by atoms with van der Waals surface area (Å²) in [5, 5.41) is 5.95. The predicted molar refractivity (Wildman–Crippen MR) is 122 cm³/mol. The van der Waals surface area contributed by atoms with E-state index in [1.165, 1.54) is 19.3 Å². The average Bonchev–Trinajstić information content (AvgIpc) is 2.68. The summed E-state index contributed by atoms with van der Waals surface area (Å²) in [5.74, 6) is 1.23. The molecule has 156 valence electrons. The van der Waals surface area contributed by atoms with Gasteiger partial charge in [-0.1, -0.05) is 32.3 Å². The first-order valence-corrected chi connectivity index (χ1v) is 10.5. The van der Waals surface area contributed by atoms with Crippen LogP contribution in [0.1, 0.15) is 56.8 Å². The van der Waals surface area contributed by atoms with Gasteiger partial charge in [-0.2, -0.15) is 0 Å². The molecule has 0 saturated heterocycles. The number of rotatable bonds is 10. The SMILES string of the molecule is CCCCCCOc1cccc(NC(=S)NC(=O)c2ccc(OC(C)C)cc2)c1. The monoisotopic (exact) mass is 414 g/mol. The number of hydrogen-bond donors (Lipinski definition) is 2. The number of nitrogens with one attached hydrogen (secondary N) is 2. The maximum Gasteiger partial charge on any atom is 0.257 e. The van der Waals surface area contributed by atoms with Gasteiger partial charge in [0.05, 0.1) is 12.7 Å². The van der Waals surface area contributed by atoms with Crippen LogP contribution in [-0.2, 0) is 0 Å². The Kier molecular flexibility index (Phi) is 9.44. The second-order valence-electron chi connectivity index (χ2n) is 7.04. The predicted octanol–water partition coefficient (Wildman–Crippen LogP) is 5.56. The van der Waals surface area contributed by atoms with Gasteiger partial charge in [0.25, 0.3) is 5.91 Å². The van der Waals surface area contributed by atoms with Crippen LogP contribution < -0.4 is 20.1 Å². The molecule has 0 aliphatic carbocycles. The van der Waals surface area contributed by atoms with Gasteiger partial charge in [-0.3, -0.25) is 10.1 Å². The summed E-state index contributed by atoms with van der Waals surface area (Å²) < 4.78 is 11.4. The molecule has 0 spiro atoms. The Morgan fingerprint density at radius 3 is 2.48 bits per heavy atom. The quantitative estimate of drug-likeness (QED) is 0.394. The van der Waals surface area contributed by atoms with Crippen molar-refractivity contribution in [2.24, 2.45) is 0 Å². The van der Waals surface area contributed by atoms with Gasteiger partial charge in [-0.05, 0) is 68.9 Å². The van der Waals surface area contributed by atoms with Gasteiger partial charge in [0, 0.05) is 17.3 Å². The van der Waals surface area contributed by atoms with Crippen molar-refractivity contribution in [1.82, 2.24) is 5.32 Å². The summed E-state index contributed by atoms with van der Waals surface area (Å²) >= 11 is 5.27. The zero-order valence-electron chi connectivity index (χ0n) is 17.4. The fraction of sp³-hybridized carbons (Fsp3) is 0.391. The van der Waals surface area contributed by atoms with Crippen molar-refractivity contribution in [1.29, 1.82) is 0 Å². The zero-order valence-corrected chi connectivity index (χ0v) is 18.2. The Morgan fingerprint density at radius 1 is 1.03 bits per heavy atom. The van der Waals surface area contributed by atoms with E-state index in [1.807, 2.05) is 38.1 Å². The molecule has 0 saturated carbocycles. The smallest absolute Gasteiger partial charge is 0.257 e. The lowest BCUT2D eigenvalue weighted by atomic mass is 10.2. The van der Waals surface area contributed by atoms with E-state index in [2.05, 4.69) is 17.6 Å². The molecule has 2 aromatic rings. The van der Waals surface area contributed by atoms with E-state index in [-0.39, 0.29) is 17.1 Å². The minimum Gasteiger partial charge on any atom is -0.494 e. The maximum absolute atomic E-state index is 12.4. The molecule has 6 heteroatoms. The minimum absolute atomic E-state index is 0.0857. The molecule has 1 amide bonds. The molecule has 0 aromatic heterocycles. The van der Waals surface area contributed by atoms with Crippen molar-refractivity contribution in [3.05, 3.63) is 54.1 Å². The summed E-state index contributed by atoms with van der Waals surface area (Å²) in [6.45, 7) is 6.80. The number of amides is 1. The lowest BCUT2D eigenvalue weighted by molar-refractivity contribution is 0.0977. The van der Waals surface area contributed by atoms with Gasteiger partial charge in [-0.15, -0.1) is 0 Å². The van der Waals surface area contributed by atoms with Crippen molar-refractivity contribution in [2.45, 2.75) is 52.6 Å². The number of thiocarbonyl (C=S) groups is 1. The van der Waals surface area contributed by atoms with Crippen molar-refractivity contribution in [3.63, 3.8) is 0 Å². The van der Waals surface area contributed by atoms with Gasteiger partial charge >= 0.3 is 0 Å². The first-order chi connectivity index (χ1) is 14.0. The molecule has 0 radical (unpaired) electrons. The third-order valence-electron chi connectivity index (χ3n) is 4.07. The second-order valence-corrected chi connectivity index (χ2v) is 7.44. The first kappa shape index (κ1) is 22.7. The van der Waals surface area contributed by atoms with Crippen molar-refractivity contribution in [2.75, 3.05) is 11.9 Å². The Balaban J connectivity index is 1.83. The molecule has 2 rings (SSSR count). The summed E-state index contributed by atoms with van der Waals surface area (Å²) in [6.07, 6.45) is 4.74. The highest BCUT2D eigenvalue weighted by Gasteiger charge is 2.09. The molecule has 0 bridgehead atoms. The van der Waals surface area contributed by atoms with Gasteiger partial charge in [0.2, 0.25) is 0 Å². The number of carbonyl (C=O) groups excluding carboxylic acids is 1. The van der Waals surface area contributed by atoms with Gasteiger partial charge in [-0.25, -0.2) is 0 Å². The third-order valence-corrected chi connectivity index (χ3v) is 4.28. The fourth-order valence-corrected chi connectivity index (χ4v) is 2.89. The van der Waals surface area contributed by atoms with Gasteiger partial charge in [0.15, 0.2) is 5.11 Å². The van der Waals surface area contributed by atoms with E-state index < -0.39 is 0 Å². The molecule has 0 aliphatic heterocycles. The standard InChI is InChI=1S/C23H30N2O3S/c1-4-5-6-7-15-27-21-10-8-9-19(16-21)24-23(29)25-22(26)18-11-13-20(14-12-18)28-17(2)3/h8-14,16-17H,4-7,15H2,1-3H3,(H2,24,25,26,29). The number of carbonyl (C=O) groups is 1. The molecule has 2 N–H and O–H groups in total. The molecule has 0 atom stereocenters. The highest BCUT2D eigenvalue weighted by atomic mass is 32.1. The van der Waals surface area contributed by atoms with Crippen LogP contribution in [0, 0.1) is 0 Å². The highest BCUT2D eigenvalue weighted by Crippen LogP contribution is 2.18. The number of anilines is 1. The molecule has 5 nitrogen and oxygen atoms in total. The van der Waals surface area contributed by atoms with E-state index >= 15 is 0 Å². The van der Waals surface area contributed by atoms with Crippen molar-refractivity contribution in [3.8, 4) is 11.5 Å². The number of ether oxygens (including phenoxy) is 2. The molecular formula is C23H30N2O3S. The van der Waals surface area contributed by atoms with Crippen LogP contribution in [0.3, 0.4) is 0 Å². The van der Waals surface area contributed by atoms with E-state index in [0.717, 1.165) is 23.6 Å². The highest BCUT2D eigenvalue weighted by molar-refractivity contribution is 7.80. The number of benzene rings is 2. The molecule has 2 aromatic carbocycles. The molecule has 0 fully saturated rings. The summed E-state index contributed by atoms with van der Waals surface area (Å²) in [5.41, 5.74) is 1.27. The minimum atomic E-state index is -0.276. The Hall–Kier alpha value is -2.60. The number of unbranched alkanes of at least 4 members (excludes halogenated alkanes) is 3. The molecule has 0 unspecified atom stereocenters. The van der Waals surface area contributed by atoms with Crippen LogP contribution >= 0.6 is 12.2 Å². The Morgan fingerprint density at radius 2 is 1.79 bits per heavy atom. The van der Waals surface area contributed by atoms with E-state index in [9.17, 15) is 4.79 Å². The summed E-state index contributed by atoms with van der Waals surface area (Å²) in [7, 11) is 0. The van der Waals surface area contributed by atoms with E-state index in [4.69, 9.17) is 21.7 Å². The maximum atomic E-state index is 12.4. The average molecular weight is 415 g/mol. The summed E-state index contributed by atoms with van der Waals surface area (Å²) in [4.78, 5) is 12.4. The van der Waals surface area contributed by atoms with Crippen LogP contribution in [0.2, 0.25) is 0 Å². The number of hydrogen-bond acceptors (Lipinski definition) is 4. The van der Waals surface area contributed by atoms with Crippen molar-refractivity contribution >= 4 is 28.9 Å². The van der Waals surface area contributed by atoms with Crippen LogP contribution in [0.4, 0.5) is 5.69 Å². The van der Waals surface area contributed by atoms with E-state index in [0.29, 0.717) is 12.2 Å². The molecular weight excluding hydrogens is 384 g/mol. The van der Waals surface area contributed by atoms with Gasteiger partial charge in [0.1, 0.15) is 11.5 Å². The molecule has 0 aliphatic rings. The fourth-order valence-electron chi connectivity index (χ4n) is 2.68. The van der Waals surface area contributed by atoms with Crippen LogP contribution in [0.15, 0.2) is 48.5 Å². The third kappa shape index (κ3) is 8.52. The topological polar surface area (TPSA) is 59.6 Å². The lowest BCUT2D eigenvalue weighted by Gasteiger charge is -2.12. The zero-order chi connectivity index (χ0) is 21.1. The molecule has 0 heterocycles. The second kappa shape index (κ2) is 12.1. The first-order valence-electron chi connectivity index (χ1n) is 10.1. The Labute approximate surface area is 178 Å². The molecule has 29 heavy (non-hydrogen) atoms.